The number of para-hydroxylation sites is 1. The van der Waals surface area contributed by atoms with Gasteiger partial charge >= 0.3 is 0 Å². The number of nitrogens with one attached hydrogen (secondary N) is 2. The largest absolute Gasteiger partial charge is 0.361 e. The second-order valence-electron chi connectivity index (χ2n) is 6.88. The molecule has 0 saturated carbocycles. The van der Waals surface area contributed by atoms with E-state index in [1.165, 1.54) is 0 Å². The molecule has 2 N–H and O–H groups in total. The van der Waals surface area contributed by atoms with E-state index in [9.17, 15) is 9.59 Å². The monoisotopic (exact) mass is 342 g/mol. The van der Waals surface area contributed by atoms with Gasteiger partial charge in [-0.1, -0.05) is 18.2 Å². The fourth-order valence-electron chi connectivity index (χ4n) is 3.38. The Morgan fingerprint density at radius 1 is 1.36 bits per heavy atom. The van der Waals surface area contributed by atoms with E-state index in [1.807, 2.05) is 44.6 Å². The van der Waals surface area contributed by atoms with E-state index in [0.717, 1.165) is 29.4 Å². The van der Waals surface area contributed by atoms with Crippen LogP contribution in [0.25, 0.3) is 10.9 Å². The first-order valence-corrected chi connectivity index (χ1v) is 8.83. The Morgan fingerprint density at radius 2 is 2.16 bits per heavy atom. The average molecular weight is 342 g/mol. The number of carbonyl (C=O) groups excluding carboxylic acids is 2. The van der Waals surface area contributed by atoms with Crippen molar-refractivity contribution in [2.75, 3.05) is 27.2 Å². The number of likely N-dealkylation sites (tertiary alicyclic amines) is 1. The van der Waals surface area contributed by atoms with Crippen LogP contribution in [0, 0.1) is 0 Å². The highest BCUT2D eigenvalue weighted by atomic mass is 16.2. The molecule has 2 amide bonds. The number of carbonyl (C=O) groups is 2. The first-order chi connectivity index (χ1) is 12.1. The predicted octanol–water partition coefficient (Wildman–Crippen LogP) is 1.73. The molecular formula is C19H26N4O2. The number of nitrogens with zero attached hydrogens (tertiary/aromatic N) is 2. The molecule has 25 heavy (non-hydrogen) atoms. The number of benzene rings is 1. The molecule has 1 fully saturated rings. The van der Waals surface area contributed by atoms with Gasteiger partial charge < -0.3 is 20.1 Å². The Kier molecular flexibility index (Phi) is 5.38. The summed E-state index contributed by atoms with van der Waals surface area (Å²) in [5.74, 6) is 0.0168. The van der Waals surface area contributed by atoms with Crippen LogP contribution in [-0.2, 0) is 16.1 Å². The van der Waals surface area contributed by atoms with Crippen molar-refractivity contribution in [2.45, 2.75) is 31.8 Å². The fraction of sp³-hybridized carbons (Fsp3) is 0.474. The smallest absolute Gasteiger partial charge is 0.242 e. The Bertz CT molecular complexity index is 753. The number of rotatable bonds is 7. The number of amides is 2. The van der Waals surface area contributed by atoms with Gasteiger partial charge in [0.1, 0.15) is 6.04 Å². The van der Waals surface area contributed by atoms with Gasteiger partial charge in [-0.2, -0.15) is 0 Å². The van der Waals surface area contributed by atoms with Crippen molar-refractivity contribution in [1.82, 2.24) is 20.1 Å². The standard InChI is InChI=1S/C19H26N4O2/c1-22(2)11-5-10-20-19(25)17-8-9-18(24)23(17)13-14-12-21-16-7-4-3-6-15(14)16/h3-4,6-7,12,17,21H,5,8-11,13H2,1-2H3,(H,20,25)/t17-/m0/s1. The van der Waals surface area contributed by atoms with E-state index < -0.39 is 0 Å². The van der Waals surface area contributed by atoms with Crippen LogP contribution in [0.15, 0.2) is 30.5 Å². The zero-order chi connectivity index (χ0) is 17.8. The normalized spacial score (nSPS) is 17.6. The average Bonchev–Trinajstić information content (AvgIpc) is 3.16. The first-order valence-electron chi connectivity index (χ1n) is 8.83. The van der Waals surface area contributed by atoms with Crippen molar-refractivity contribution in [3.63, 3.8) is 0 Å². The van der Waals surface area contributed by atoms with Crippen molar-refractivity contribution in [1.29, 1.82) is 0 Å². The molecule has 0 bridgehead atoms. The topological polar surface area (TPSA) is 68.4 Å². The lowest BCUT2D eigenvalue weighted by Crippen LogP contribution is -2.44. The Balaban J connectivity index is 1.64. The number of hydrogen-bond acceptors (Lipinski definition) is 3. The Morgan fingerprint density at radius 3 is 2.96 bits per heavy atom. The molecular weight excluding hydrogens is 316 g/mol. The summed E-state index contributed by atoms with van der Waals surface area (Å²) in [5, 5.41) is 4.08. The van der Waals surface area contributed by atoms with E-state index in [0.29, 0.717) is 25.9 Å². The molecule has 0 radical (unpaired) electrons. The summed E-state index contributed by atoms with van der Waals surface area (Å²) in [5.41, 5.74) is 2.10. The maximum Gasteiger partial charge on any atom is 0.242 e. The molecule has 6 nitrogen and oxygen atoms in total. The van der Waals surface area contributed by atoms with Crippen LogP contribution in [0.5, 0.6) is 0 Å². The highest BCUT2D eigenvalue weighted by Gasteiger charge is 2.36. The molecule has 1 aliphatic heterocycles. The summed E-state index contributed by atoms with van der Waals surface area (Å²) in [4.78, 5) is 31.9. The molecule has 0 unspecified atom stereocenters. The minimum Gasteiger partial charge on any atom is -0.361 e. The maximum absolute atomic E-state index is 12.5. The predicted molar refractivity (Wildman–Crippen MR) is 98.1 cm³/mol. The van der Waals surface area contributed by atoms with E-state index in [-0.39, 0.29) is 17.9 Å². The number of H-pyrrole nitrogens is 1. The second kappa shape index (κ2) is 7.70. The summed E-state index contributed by atoms with van der Waals surface area (Å²) in [7, 11) is 4.03. The molecule has 2 aromatic rings. The number of hydrogen-bond donors (Lipinski definition) is 2. The van der Waals surface area contributed by atoms with Gasteiger partial charge in [0, 0.05) is 36.6 Å². The van der Waals surface area contributed by atoms with Crippen LogP contribution < -0.4 is 5.32 Å². The summed E-state index contributed by atoms with van der Waals surface area (Å²) >= 11 is 0. The highest BCUT2D eigenvalue weighted by molar-refractivity contribution is 5.91. The van der Waals surface area contributed by atoms with Crippen LogP contribution in [0.4, 0.5) is 0 Å². The third-order valence-corrected chi connectivity index (χ3v) is 4.73. The van der Waals surface area contributed by atoms with E-state index in [4.69, 9.17) is 0 Å². The molecule has 134 valence electrons. The molecule has 0 spiro atoms. The van der Waals surface area contributed by atoms with Gasteiger partial charge in [-0.15, -0.1) is 0 Å². The molecule has 2 heterocycles. The second-order valence-corrected chi connectivity index (χ2v) is 6.88. The van der Waals surface area contributed by atoms with Crippen LogP contribution in [-0.4, -0.2) is 59.8 Å². The summed E-state index contributed by atoms with van der Waals surface area (Å²) in [6.45, 7) is 2.05. The third kappa shape index (κ3) is 4.02. The van der Waals surface area contributed by atoms with Gasteiger partial charge in [0.2, 0.25) is 11.8 Å². The summed E-state index contributed by atoms with van der Waals surface area (Å²) in [6.07, 6.45) is 3.88. The first kappa shape index (κ1) is 17.5. The molecule has 3 rings (SSSR count). The minimum atomic E-state index is -0.361. The van der Waals surface area contributed by atoms with Gasteiger partial charge in [0.15, 0.2) is 0 Å². The van der Waals surface area contributed by atoms with E-state index in [1.54, 1.807) is 4.90 Å². The van der Waals surface area contributed by atoms with Gasteiger partial charge in [0.05, 0.1) is 0 Å². The van der Waals surface area contributed by atoms with E-state index >= 15 is 0 Å². The summed E-state index contributed by atoms with van der Waals surface area (Å²) in [6, 6.07) is 7.66. The van der Waals surface area contributed by atoms with Crippen LogP contribution in [0.3, 0.4) is 0 Å². The Labute approximate surface area is 148 Å². The number of fused-ring (bicyclic) bond motifs is 1. The zero-order valence-corrected chi connectivity index (χ0v) is 14.9. The molecule has 1 aromatic carbocycles. The number of aromatic nitrogens is 1. The fourth-order valence-corrected chi connectivity index (χ4v) is 3.38. The van der Waals surface area contributed by atoms with Gasteiger partial charge in [0.25, 0.3) is 0 Å². The van der Waals surface area contributed by atoms with Crippen molar-refractivity contribution in [3.8, 4) is 0 Å². The van der Waals surface area contributed by atoms with Crippen LogP contribution in [0.2, 0.25) is 0 Å². The highest BCUT2D eigenvalue weighted by Crippen LogP contribution is 2.25. The van der Waals surface area contributed by atoms with Crippen molar-refractivity contribution in [2.24, 2.45) is 0 Å². The molecule has 1 atom stereocenters. The maximum atomic E-state index is 12.5. The molecule has 1 aliphatic rings. The number of aromatic amines is 1. The SMILES string of the molecule is CN(C)CCCNC(=O)[C@@H]1CCC(=O)N1Cc1c[nH]c2ccccc12. The molecule has 0 aliphatic carbocycles. The lowest BCUT2D eigenvalue weighted by molar-refractivity contribution is -0.135. The third-order valence-electron chi connectivity index (χ3n) is 4.73. The Hall–Kier alpha value is -2.34. The van der Waals surface area contributed by atoms with Crippen molar-refractivity contribution in [3.05, 3.63) is 36.0 Å². The van der Waals surface area contributed by atoms with Gasteiger partial charge in [-0.3, -0.25) is 9.59 Å². The van der Waals surface area contributed by atoms with Crippen molar-refractivity contribution >= 4 is 22.7 Å². The quantitative estimate of drug-likeness (QED) is 0.753. The lowest BCUT2D eigenvalue weighted by atomic mass is 10.1. The molecule has 1 saturated heterocycles. The van der Waals surface area contributed by atoms with Crippen molar-refractivity contribution < 1.29 is 9.59 Å². The lowest BCUT2D eigenvalue weighted by Gasteiger charge is -2.24. The van der Waals surface area contributed by atoms with Crippen LogP contribution in [0.1, 0.15) is 24.8 Å². The molecule has 6 heteroatoms. The van der Waals surface area contributed by atoms with E-state index in [2.05, 4.69) is 15.2 Å². The molecule has 1 aromatic heterocycles. The zero-order valence-electron chi connectivity index (χ0n) is 14.9. The van der Waals surface area contributed by atoms with Gasteiger partial charge in [-0.25, -0.2) is 0 Å². The van der Waals surface area contributed by atoms with Gasteiger partial charge in [-0.05, 0) is 45.1 Å². The van der Waals surface area contributed by atoms with Crippen LogP contribution >= 0.6 is 0 Å². The summed E-state index contributed by atoms with van der Waals surface area (Å²) < 4.78 is 0. The minimum absolute atomic E-state index is 0.0375.